The maximum atomic E-state index is 6.57. The largest absolute Gasteiger partial charge is 2.00 e. The van der Waals surface area contributed by atoms with E-state index in [4.69, 9.17) is 14.8 Å². The third kappa shape index (κ3) is 7.26. The van der Waals surface area contributed by atoms with E-state index in [2.05, 4.69) is 150 Å². The zero-order chi connectivity index (χ0) is 35.9. The second-order valence-corrected chi connectivity index (χ2v) is 15.6. The normalized spacial score (nSPS) is 12.0. The smallest absolute Gasteiger partial charge is 0.509 e. The summed E-state index contributed by atoms with van der Waals surface area (Å²) in [6.45, 7) is 17.9. The standard InChI is InChI=1S/C46H48N4O.Pt/c1-9-15-39-44(31-17-12-11-13-18-31)41(16-10-2)50(48-39)34-19-14-20-35(29-34)51-36-22-23-37-38-27-32(45(3,4)5)21-24-40(38)49(42(37)30-36)43-28-33(25-26-47-43)46(6,7)8;/h11-14,17-28H,9-10,15-16H2,1-8H3;/q-2;+2. The summed E-state index contributed by atoms with van der Waals surface area (Å²) in [7, 11) is 0. The second-order valence-electron chi connectivity index (χ2n) is 15.6. The van der Waals surface area contributed by atoms with Crippen LogP contribution in [0.5, 0.6) is 11.5 Å². The molecule has 0 spiro atoms. The van der Waals surface area contributed by atoms with Crippen LogP contribution in [-0.2, 0) is 44.7 Å². The molecule has 0 saturated carbocycles. The Morgan fingerprint density at radius 3 is 2.12 bits per heavy atom. The van der Waals surface area contributed by atoms with Crippen LogP contribution < -0.4 is 4.74 Å². The number of hydrogen-bond acceptors (Lipinski definition) is 3. The van der Waals surface area contributed by atoms with Crippen LogP contribution in [0, 0.1) is 12.1 Å². The third-order valence-corrected chi connectivity index (χ3v) is 9.65. The van der Waals surface area contributed by atoms with Crippen LogP contribution in [-0.4, -0.2) is 19.3 Å². The molecule has 52 heavy (non-hydrogen) atoms. The van der Waals surface area contributed by atoms with Gasteiger partial charge < -0.3 is 9.30 Å². The molecule has 268 valence electrons. The van der Waals surface area contributed by atoms with Gasteiger partial charge in [0.15, 0.2) is 0 Å². The van der Waals surface area contributed by atoms with Crippen LogP contribution in [0.4, 0.5) is 0 Å². The van der Waals surface area contributed by atoms with Gasteiger partial charge in [-0.05, 0) is 69.6 Å². The quantitative estimate of drug-likeness (QED) is 0.136. The van der Waals surface area contributed by atoms with E-state index in [0.717, 1.165) is 59.3 Å². The van der Waals surface area contributed by atoms with E-state index < -0.39 is 0 Å². The first-order valence-electron chi connectivity index (χ1n) is 18.3. The van der Waals surface area contributed by atoms with Gasteiger partial charge in [0.2, 0.25) is 0 Å². The van der Waals surface area contributed by atoms with Crippen molar-refractivity contribution >= 4 is 21.8 Å². The van der Waals surface area contributed by atoms with E-state index in [1.54, 1.807) is 0 Å². The van der Waals surface area contributed by atoms with Gasteiger partial charge in [0, 0.05) is 34.5 Å². The third-order valence-electron chi connectivity index (χ3n) is 9.65. The van der Waals surface area contributed by atoms with Crippen molar-refractivity contribution in [3.63, 3.8) is 0 Å². The first-order chi connectivity index (χ1) is 24.5. The molecule has 0 bridgehead atoms. The molecule has 0 saturated heterocycles. The number of hydrogen-bond donors (Lipinski definition) is 0. The molecule has 0 radical (unpaired) electrons. The van der Waals surface area contributed by atoms with Crippen molar-refractivity contribution in [2.75, 3.05) is 0 Å². The zero-order valence-electron chi connectivity index (χ0n) is 31.6. The summed E-state index contributed by atoms with van der Waals surface area (Å²) in [5.41, 5.74) is 10.2. The van der Waals surface area contributed by atoms with Gasteiger partial charge in [0.25, 0.3) is 0 Å². The Balaban J connectivity index is 0.00000464. The molecule has 0 aliphatic carbocycles. The predicted octanol–water partition coefficient (Wildman–Crippen LogP) is 11.9. The number of rotatable bonds is 9. The van der Waals surface area contributed by atoms with Gasteiger partial charge in [-0.15, -0.1) is 35.7 Å². The number of ether oxygens (including phenoxy) is 1. The molecule has 5 nitrogen and oxygen atoms in total. The molecule has 4 aromatic carbocycles. The van der Waals surface area contributed by atoms with Gasteiger partial charge in [0.05, 0.1) is 5.69 Å². The summed E-state index contributed by atoms with van der Waals surface area (Å²) < 4.78 is 10.9. The first kappa shape index (κ1) is 37.3. The van der Waals surface area contributed by atoms with Crippen molar-refractivity contribution in [1.82, 2.24) is 19.3 Å². The van der Waals surface area contributed by atoms with Crippen LogP contribution in [0.2, 0.25) is 0 Å². The molecule has 3 heterocycles. The van der Waals surface area contributed by atoms with E-state index in [1.807, 2.05) is 24.4 Å². The fourth-order valence-corrected chi connectivity index (χ4v) is 6.95. The van der Waals surface area contributed by atoms with Gasteiger partial charge >= 0.3 is 21.1 Å². The van der Waals surface area contributed by atoms with Gasteiger partial charge in [-0.25, -0.2) is 4.98 Å². The van der Waals surface area contributed by atoms with Crippen LogP contribution in [0.3, 0.4) is 0 Å². The average molecular weight is 868 g/mol. The molecular formula is C46H48N4OPt. The molecule has 7 aromatic rings. The SMILES string of the molecule is CCCc1nn(-c2[c-]c(Oc3[c-]c4c(cc3)c3cc(C(C)(C)C)ccc3n4-c3cc(C(C)(C)C)ccn3)ccc2)c(CCC)c1-c1ccccc1.[Pt+2]. The van der Waals surface area contributed by atoms with Crippen LogP contribution in [0.25, 0.3) is 44.4 Å². The monoisotopic (exact) mass is 867 g/mol. The van der Waals surface area contributed by atoms with E-state index >= 15 is 0 Å². The Morgan fingerprint density at radius 1 is 0.692 bits per heavy atom. The van der Waals surface area contributed by atoms with Crippen molar-refractivity contribution in [2.24, 2.45) is 0 Å². The Morgan fingerprint density at radius 2 is 1.40 bits per heavy atom. The summed E-state index contributed by atoms with van der Waals surface area (Å²) in [5.74, 6) is 2.10. The minimum atomic E-state index is -0.0145. The van der Waals surface area contributed by atoms with Gasteiger partial charge in [-0.1, -0.05) is 116 Å². The average Bonchev–Trinajstić information content (AvgIpc) is 3.63. The summed E-state index contributed by atoms with van der Waals surface area (Å²) in [5, 5.41) is 7.47. The summed E-state index contributed by atoms with van der Waals surface area (Å²) in [6.07, 6.45) is 5.78. The molecule has 0 fully saturated rings. The maximum absolute atomic E-state index is 6.57. The molecular weight excluding hydrogens is 820 g/mol. The van der Waals surface area contributed by atoms with E-state index in [-0.39, 0.29) is 31.9 Å². The van der Waals surface area contributed by atoms with E-state index in [0.29, 0.717) is 11.5 Å². The number of fused-ring (bicyclic) bond motifs is 3. The van der Waals surface area contributed by atoms with Gasteiger partial charge in [-0.3, -0.25) is 4.68 Å². The fourth-order valence-electron chi connectivity index (χ4n) is 6.95. The van der Waals surface area contributed by atoms with Crippen LogP contribution in [0.15, 0.2) is 97.2 Å². The Kier molecular flexibility index (Phi) is 10.7. The molecule has 0 aliphatic rings. The fraction of sp³-hybridized carbons (Fsp3) is 0.304. The Labute approximate surface area is 323 Å². The van der Waals surface area contributed by atoms with Gasteiger partial charge in [-0.2, -0.15) is 17.2 Å². The number of pyridine rings is 1. The van der Waals surface area contributed by atoms with Crippen LogP contribution >= 0.6 is 0 Å². The molecule has 0 unspecified atom stereocenters. The van der Waals surface area contributed by atoms with Crippen molar-refractivity contribution in [3.8, 4) is 34.1 Å². The molecule has 3 aromatic heterocycles. The summed E-state index contributed by atoms with van der Waals surface area (Å²) in [6, 6.07) is 39.1. The minimum Gasteiger partial charge on any atom is -0.509 e. The Bertz CT molecular complexity index is 2340. The van der Waals surface area contributed by atoms with Crippen molar-refractivity contribution in [2.45, 2.75) is 91.9 Å². The van der Waals surface area contributed by atoms with Crippen molar-refractivity contribution in [1.29, 1.82) is 0 Å². The van der Waals surface area contributed by atoms with Gasteiger partial charge in [0.1, 0.15) is 5.82 Å². The van der Waals surface area contributed by atoms with Crippen molar-refractivity contribution < 1.29 is 25.8 Å². The minimum absolute atomic E-state index is 0. The molecule has 0 atom stereocenters. The van der Waals surface area contributed by atoms with E-state index in [1.165, 1.54) is 33.3 Å². The second kappa shape index (κ2) is 14.9. The Hall–Kier alpha value is -4.47. The molecule has 0 N–H and O–H groups in total. The molecule has 0 amide bonds. The first-order valence-corrected chi connectivity index (χ1v) is 18.3. The summed E-state index contributed by atoms with van der Waals surface area (Å²) >= 11 is 0. The molecule has 6 heteroatoms. The number of benzene rings is 4. The predicted molar refractivity (Wildman–Crippen MR) is 211 cm³/mol. The molecule has 0 aliphatic heterocycles. The van der Waals surface area contributed by atoms with Crippen LogP contribution in [0.1, 0.15) is 90.7 Å². The topological polar surface area (TPSA) is 44.9 Å². The van der Waals surface area contributed by atoms with E-state index in [9.17, 15) is 0 Å². The maximum Gasteiger partial charge on any atom is 2.00 e. The molecule has 7 rings (SSSR count). The van der Waals surface area contributed by atoms with Crippen molar-refractivity contribution in [3.05, 3.63) is 132 Å². The number of nitrogens with zero attached hydrogens (tertiary/aromatic N) is 4. The number of aromatic nitrogens is 4. The number of aryl methyl sites for hydroxylation is 1. The summed E-state index contributed by atoms with van der Waals surface area (Å²) in [4.78, 5) is 4.88. The zero-order valence-corrected chi connectivity index (χ0v) is 33.9.